The van der Waals surface area contributed by atoms with Gasteiger partial charge in [-0.15, -0.1) is 0 Å². The summed E-state index contributed by atoms with van der Waals surface area (Å²) < 4.78 is 11.1. The first-order valence-corrected chi connectivity index (χ1v) is 8.24. The van der Waals surface area contributed by atoms with E-state index < -0.39 is 0 Å². The van der Waals surface area contributed by atoms with E-state index in [9.17, 15) is 5.26 Å². The van der Waals surface area contributed by atoms with Gasteiger partial charge in [-0.2, -0.15) is 5.26 Å². The van der Waals surface area contributed by atoms with Gasteiger partial charge in [-0.1, -0.05) is 43.1 Å². The van der Waals surface area contributed by atoms with Crippen LogP contribution in [0, 0.1) is 11.3 Å². The standard InChI is InChI=1S/C20H20ClNO2/c1-3-4-11-24-19-10-5-15(13-20(19)23-2)12-17(14-22)16-6-8-18(21)9-7-16/h5-10,12-13H,3-4,11H2,1-2H3/b17-12+. The molecule has 0 saturated carbocycles. The first-order valence-electron chi connectivity index (χ1n) is 7.86. The van der Waals surface area contributed by atoms with E-state index in [2.05, 4.69) is 13.0 Å². The second-order valence-electron chi connectivity index (χ2n) is 5.29. The molecule has 2 aromatic carbocycles. The van der Waals surface area contributed by atoms with Crippen LogP contribution in [0.3, 0.4) is 0 Å². The second-order valence-corrected chi connectivity index (χ2v) is 5.73. The summed E-state index contributed by atoms with van der Waals surface area (Å²) in [6, 6.07) is 15.1. The van der Waals surface area contributed by atoms with Crippen molar-refractivity contribution in [3.05, 3.63) is 58.6 Å². The van der Waals surface area contributed by atoms with Crippen LogP contribution in [0.15, 0.2) is 42.5 Å². The number of hydrogen-bond acceptors (Lipinski definition) is 3. The molecule has 0 spiro atoms. The van der Waals surface area contributed by atoms with Gasteiger partial charge in [-0.05, 0) is 47.9 Å². The Balaban J connectivity index is 2.27. The van der Waals surface area contributed by atoms with Gasteiger partial charge in [0.1, 0.15) is 0 Å². The lowest BCUT2D eigenvalue weighted by atomic mass is 10.0. The topological polar surface area (TPSA) is 42.2 Å². The zero-order valence-electron chi connectivity index (χ0n) is 13.9. The van der Waals surface area contributed by atoms with Crippen molar-refractivity contribution in [1.82, 2.24) is 0 Å². The average molecular weight is 342 g/mol. The molecule has 0 aliphatic rings. The molecule has 0 N–H and O–H groups in total. The molecule has 3 nitrogen and oxygen atoms in total. The highest BCUT2D eigenvalue weighted by atomic mass is 35.5. The molecule has 0 saturated heterocycles. The first kappa shape index (κ1) is 17.9. The number of halogens is 1. The molecule has 24 heavy (non-hydrogen) atoms. The molecule has 0 radical (unpaired) electrons. The third kappa shape index (κ3) is 4.78. The molecule has 2 rings (SSSR count). The number of methoxy groups -OCH3 is 1. The van der Waals surface area contributed by atoms with Crippen molar-refractivity contribution >= 4 is 23.3 Å². The highest BCUT2D eigenvalue weighted by Crippen LogP contribution is 2.30. The molecule has 0 amide bonds. The van der Waals surface area contributed by atoms with E-state index in [1.165, 1.54) is 0 Å². The zero-order chi connectivity index (χ0) is 17.4. The van der Waals surface area contributed by atoms with Crippen LogP contribution < -0.4 is 9.47 Å². The third-order valence-corrected chi connectivity index (χ3v) is 3.78. The highest BCUT2D eigenvalue weighted by molar-refractivity contribution is 6.30. The van der Waals surface area contributed by atoms with Gasteiger partial charge >= 0.3 is 0 Å². The number of allylic oxidation sites excluding steroid dienone is 1. The lowest BCUT2D eigenvalue weighted by Gasteiger charge is -2.11. The Bertz CT molecular complexity index is 745. The average Bonchev–Trinajstić information content (AvgIpc) is 2.61. The molecular weight excluding hydrogens is 322 g/mol. The molecule has 124 valence electrons. The minimum absolute atomic E-state index is 0.563. The molecule has 0 aliphatic heterocycles. The zero-order valence-corrected chi connectivity index (χ0v) is 14.6. The van der Waals surface area contributed by atoms with Crippen molar-refractivity contribution in [2.45, 2.75) is 19.8 Å². The third-order valence-electron chi connectivity index (χ3n) is 3.53. The summed E-state index contributed by atoms with van der Waals surface area (Å²) in [5, 5.41) is 10.1. The van der Waals surface area contributed by atoms with Crippen molar-refractivity contribution in [2.24, 2.45) is 0 Å². The van der Waals surface area contributed by atoms with Crippen molar-refractivity contribution in [3.8, 4) is 17.6 Å². The van der Waals surface area contributed by atoms with E-state index in [4.69, 9.17) is 21.1 Å². The van der Waals surface area contributed by atoms with Gasteiger partial charge < -0.3 is 9.47 Å². The first-order chi connectivity index (χ1) is 11.7. The Morgan fingerprint density at radius 1 is 1.17 bits per heavy atom. The minimum atomic E-state index is 0.563. The molecule has 0 aromatic heterocycles. The van der Waals surface area contributed by atoms with Crippen molar-refractivity contribution in [3.63, 3.8) is 0 Å². The summed E-state index contributed by atoms with van der Waals surface area (Å²) in [4.78, 5) is 0. The van der Waals surface area contributed by atoms with Gasteiger partial charge in [0.2, 0.25) is 0 Å². The molecule has 4 heteroatoms. The van der Waals surface area contributed by atoms with Crippen LogP contribution in [-0.2, 0) is 0 Å². The Morgan fingerprint density at radius 2 is 1.92 bits per heavy atom. The maximum Gasteiger partial charge on any atom is 0.161 e. The van der Waals surface area contributed by atoms with E-state index in [1.54, 1.807) is 19.2 Å². The van der Waals surface area contributed by atoms with Crippen LogP contribution in [0.2, 0.25) is 5.02 Å². The Kier molecular flexibility index (Phi) is 6.72. The largest absolute Gasteiger partial charge is 0.493 e. The fraction of sp³-hybridized carbons (Fsp3) is 0.250. The van der Waals surface area contributed by atoms with Crippen molar-refractivity contribution < 1.29 is 9.47 Å². The SMILES string of the molecule is CCCCOc1ccc(/C=C(\C#N)c2ccc(Cl)cc2)cc1OC. The van der Waals surface area contributed by atoms with Gasteiger partial charge in [0.25, 0.3) is 0 Å². The Morgan fingerprint density at radius 3 is 2.54 bits per heavy atom. The minimum Gasteiger partial charge on any atom is -0.493 e. The van der Waals surface area contributed by atoms with Crippen LogP contribution in [0.4, 0.5) is 0 Å². The normalized spacial score (nSPS) is 11.0. The van der Waals surface area contributed by atoms with E-state index in [0.29, 0.717) is 28.7 Å². The lowest BCUT2D eigenvalue weighted by molar-refractivity contribution is 0.288. The van der Waals surface area contributed by atoms with Crippen LogP contribution >= 0.6 is 11.6 Å². The molecule has 0 aliphatic carbocycles. The number of benzene rings is 2. The van der Waals surface area contributed by atoms with Gasteiger partial charge in [0.05, 0.1) is 25.4 Å². The van der Waals surface area contributed by atoms with E-state index in [0.717, 1.165) is 24.0 Å². The number of rotatable bonds is 7. The second kappa shape index (κ2) is 9.00. The Hall–Kier alpha value is -2.44. The summed E-state index contributed by atoms with van der Waals surface area (Å²) >= 11 is 5.90. The summed E-state index contributed by atoms with van der Waals surface area (Å²) in [6.07, 6.45) is 3.90. The fourth-order valence-electron chi connectivity index (χ4n) is 2.20. The molecule has 0 fully saturated rings. The summed E-state index contributed by atoms with van der Waals surface area (Å²) in [5.41, 5.74) is 2.26. The predicted octanol–water partition coefficient (Wildman–Crippen LogP) is 5.59. The van der Waals surface area contributed by atoms with Crippen molar-refractivity contribution in [1.29, 1.82) is 5.26 Å². The number of ether oxygens (including phenoxy) is 2. The molecule has 0 atom stereocenters. The molecular formula is C20H20ClNO2. The quantitative estimate of drug-likeness (QED) is 0.374. The highest BCUT2D eigenvalue weighted by Gasteiger charge is 2.07. The fourth-order valence-corrected chi connectivity index (χ4v) is 2.32. The van der Waals surface area contributed by atoms with E-state index in [1.807, 2.05) is 36.4 Å². The number of unbranched alkanes of at least 4 members (excludes halogenated alkanes) is 1. The van der Waals surface area contributed by atoms with Gasteiger partial charge in [0.15, 0.2) is 11.5 Å². The summed E-state index contributed by atoms with van der Waals surface area (Å²) in [5.74, 6) is 1.38. The number of nitriles is 1. The smallest absolute Gasteiger partial charge is 0.161 e. The molecule has 0 unspecified atom stereocenters. The van der Waals surface area contributed by atoms with Crippen LogP contribution in [-0.4, -0.2) is 13.7 Å². The maximum absolute atomic E-state index is 9.43. The maximum atomic E-state index is 9.43. The van der Waals surface area contributed by atoms with Crippen LogP contribution in [0.5, 0.6) is 11.5 Å². The summed E-state index contributed by atoms with van der Waals surface area (Å²) in [7, 11) is 1.61. The van der Waals surface area contributed by atoms with Gasteiger partial charge in [-0.3, -0.25) is 0 Å². The van der Waals surface area contributed by atoms with Crippen LogP contribution in [0.1, 0.15) is 30.9 Å². The van der Waals surface area contributed by atoms with E-state index >= 15 is 0 Å². The Labute approximate surface area is 148 Å². The van der Waals surface area contributed by atoms with Gasteiger partial charge in [0, 0.05) is 5.02 Å². The molecule has 0 bridgehead atoms. The van der Waals surface area contributed by atoms with Gasteiger partial charge in [-0.25, -0.2) is 0 Å². The predicted molar refractivity (Wildman–Crippen MR) is 98.3 cm³/mol. The van der Waals surface area contributed by atoms with Crippen LogP contribution in [0.25, 0.3) is 11.6 Å². The number of nitrogens with zero attached hydrogens (tertiary/aromatic N) is 1. The number of hydrogen-bond donors (Lipinski definition) is 0. The molecule has 0 heterocycles. The monoisotopic (exact) mass is 341 g/mol. The molecule has 2 aromatic rings. The lowest BCUT2D eigenvalue weighted by Crippen LogP contribution is -1.99. The summed E-state index contributed by atoms with van der Waals surface area (Å²) in [6.45, 7) is 2.78. The van der Waals surface area contributed by atoms with E-state index in [-0.39, 0.29) is 0 Å². The van der Waals surface area contributed by atoms with Crippen molar-refractivity contribution in [2.75, 3.05) is 13.7 Å².